The minimum Gasteiger partial charge on any atom is -0.496 e. The van der Waals surface area contributed by atoms with Gasteiger partial charge in [0.1, 0.15) is 35.5 Å². The fraction of sp³-hybridized carbons (Fsp3) is 0.484. The molecule has 11 heteroatoms. The molecule has 2 aromatic carbocycles. The molecule has 2 fully saturated rings. The van der Waals surface area contributed by atoms with Crippen molar-refractivity contribution in [3.63, 3.8) is 0 Å². The molecule has 224 valence electrons. The number of halogens is 1. The fourth-order valence-electron chi connectivity index (χ4n) is 6.00. The van der Waals surface area contributed by atoms with Gasteiger partial charge in [0.05, 0.1) is 18.6 Å². The number of methoxy groups -OCH3 is 2. The zero-order chi connectivity index (χ0) is 29.6. The van der Waals surface area contributed by atoms with Crippen LogP contribution >= 0.6 is 0 Å². The van der Waals surface area contributed by atoms with Crippen molar-refractivity contribution in [2.24, 2.45) is 0 Å². The highest BCUT2D eigenvalue weighted by Gasteiger charge is 2.53. The van der Waals surface area contributed by atoms with E-state index in [9.17, 15) is 19.1 Å². The zero-order valence-electron chi connectivity index (χ0n) is 23.9. The number of nitrogens with one attached hydrogen (secondary N) is 2. The lowest BCUT2D eigenvalue weighted by Gasteiger charge is -2.51. The number of hydrogen-bond acceptors (Lipinski definition) is 8. The van der Waals surface area contributed by atoms with Crippen molar-refractivity contribution in [2.45, 2.75) is 75.5 Å². The maximum atomic E-state index is 14.2. The summed E-state index contributed by atoms with van der Waals surface area (Å²) in [6, 6.07) is 9.17. The van der Waals surface area contributed by atoms with Crippen LogP contribution in [0.25, 0.3) is 11.0 Å². The Labute approximate surface area is 243 Å². The Kier molecular flexibility index (Phi) is 7.59. The second kappa shape index (κ2) is 11.2. The third-order valence-electron chi connectivity index (χ3n) is 8.90. The summed E-state index contributed by atoms with van der Waals surface area (Å²) in [7, 11) is 3.12. The van der Waals surface area contributed by atoms with Crippen molar-refractivity contribution in [3.05, 3.63) is 59.1 Å². The van der Waals surface area contributed by atoms with Gasteiger partial charge in [0, 0.05) is 36.9 Å². The Bertz CT molecular complexity index is 1500. The summed E-state index contributed by atoms with van der Waals surface area (Å²) in [6.07, 6.45) is 2.97. The van der Waals surface area contributed by atoms with Crippen molar-refractivity contribution in [1.82, 2.24) is 15.5 Å². The van der Waals surface area contributed by atoms with Crippen LogP contribution in [0.4, 0.5) is 4.39 Å². The van der Waals surface area contributed by atoms with E-state index >= 15 is 0 Å². The first-order valence-electron chi connectivity index (χ1n) is 14.3. The van der Waals surface area contributed by atoms with E-state index in [4.69, 9.17) is 18.6 Å². The Hall–Kier alpha value is -3.67. The van der Waals surface area contributed by atoms with E-state index in [1.54, 1.807) is 37.1 Å². The molecular formula is C31H36FN3O7. The average Bonchev–Trinajstić information content (AvgIpc) is 3.26. The average molecular weight is 582 g/mol. The van der Waals surface area contributed by atoms with Crippen molar-refractivity contribution < 1.29 is 37.7 Å². The number of benzene rings is 2. The first kappa shape index (κ1) is 28.4. The number of aliphatic hydroxyl groups excluding tert-OH is 1. The van der Waals surface area contributed by atoms with Crippen molar-refractivity contribution >= 4 is 22.8 Å². The normalized spacial score (nSPS) is 24.7. The predicted molar refractivity (Wildman–Crippen MR) is 151 cm³/mol. The largest absolute Gasteiger partial charge is 0.496 e. The summed E-state index contributed by atoms with van der Waals surface area (Å²) >= 11 is 0. The molecule has 3 aromatic rings. The summed E-state index contributed by atoms with van der Waals surface area (Å²) in [5.41, 5.74) is 0.114. The van der Waals surface area contributed by atoms with E-state index in [0.717, 1.165) is 19.3 Å². The standard InChI is InChI=1S/C31H36FN3O7/c1-31(30(38)33-15-18-11-19(32)8-10-24(18)40-3)16-41-26-23-9-7-17(28(36)34-20-5-4-6-20)12-25(23)42-27(26)29(37)35(31)21-13-22(14-21)39-2/h7-12,20-22,30,33,38H,4-6,13-16H2,1-3H3,(H,34,36)/t21-,22+,30?,31?. The quantitative estimate of drug-likeness (QED) is 0.327. The van der Waals surface area contributed by atoms with Gasteiger partial charge in [-0.1, -0.05) is 0 Å². The van der Waals surface area contributed by atoms with Crippen molar-refractivity contribution in [1.29, 1.82) is 0 Å². The van der Waals surface area contributed by atoms with Crippen LogP contribution in [0.2, 0.25) is 0 Å². The van der Waals surface area contributed by atoms with Crippen molar-refractivity contribution in [3.8, 4) is 11.5 Å². The molecule has 1 aliphatic heterocycles. The number of rotatable bonds is 9. The molecule has 6 rings (SSSR count). The smallest absolute Gasteiger partial charge is 0.294 e. The van der Waals surface area contributed by atoms with E-state index < -0.39 is 23.5 Å². The number of amides is 2. The molecule has 0 spiro atoms. The van der Waals surface area contributed by atoms with Crippen LogP contribution in [-0.4, -0.2) is 72.6 Å². The summed E-state index contributed by atoms with van der Waals surface area (Å²) < 4.78 is 37.1. The van der Waals surface area contributed by atoms with Crippen molar-refractivity contribution in [2.75, 3.05) is 20.8 Å². The molecule has 3 N–H and O–H groups in total. The van der Waals surface area contributed by atoms with E-state index in [2.05, 4.69) is 10.6 Å². The molecule has 1 aromatic heterocycles. The van der Waals surface area contributed by atoms with Crippen LogP contribution < -0.4 is 20.1 Å². The van der Waals surface area contributed by atoms with Crippen LogP contribution in [0.3, 0.4) is 0 Å². The van der Waals surface area contributed by atoms with Crippen LogP contribution in [0.15, 0.2) is 40.8 Å². The second-order valence-corrected chi connectivity index (χ2v) is 11.6. The first-order valence-corrected chi connectivity index (χ1v) is 14.3. The molecule has 2 aliphatic carbocycles. The van der Waals surface area contributed by atoms with Crippen LogP contribution in [0.5, 0.6) is 11.5 Å². The molecule has 2 saturated carbocycles. The van der Waals surface area contributed by atoms with Gasteiger partial charge in [0.15, 0.2) is 5.75 Å². The topological polar surface area (TPSA) is 122 Å². The number of furan rings is 1. The number of carbonyl (C=O) groups excluding carboxylic acids is 2. The van der Waals surface area contributed by atoms with Gasteiger partial charge in [-0.15, -0.1) is 0 Å². The molecule has 0 radical (unpaired) electrons. The zero-order valence-corrected chi connectivity index (χ0v) is 23.9. The van der Waals surface area contributed by atoms with Gasteiger partial charge in [-0.05, 0) is 75.4 Å². The third-order valence-corrected chi connectivity index (χ3v) is 8.90. The molecule has 2 heterocycles. The number of hydrogen-bond donors (Lipinski definition) is 3. The molecule has 0 saturated heterocycles. The van der Waals surface area contributed by atoms with Crippen LogP contribution in [0.1, 0.15) is 65.5 Å². The number of carbonyl (C=O) groups is 2. The van der Waals surface area contributed by atoms with Gasteiger partial charge in [-0.25, -0.2) is 4.39 Å². The lowest BCUT2D eigenvalue weighted by Crippen LogP contribution is -2.68. The molecule has 2 amide bonds. The fourth-order valence-corrected chi connectivity index (χ4v) is 6.00. The number of fused-ring (bicyclic) bond motifs is 3. The summed E-state index contributed by atoms with van der Waals surface area (Å²) in [5, 5.41) is 18.2. The lowest BCUT2D eigenvalue weighted by atomic mass is 9.83. The molecule has 10 nitrogen and oxygen atoms in total. The van der Waals surface area contributed by atoms with Gasteiger partial charge in [-0.3, -0.25) is 14.9 Å². The lowest BCUT2D eigenvalue weighted by molar-refractivity contribution is -0.0997. The predicted octanol–water partition coefficient (Wildman–Crippen LogP) is 3.74. The Morgan fingerprint density at radius 1 is 1.21 bits per heavy atom. The monoisotopic (exact) mass is 581 g/mol. The van der Waals surface area contributed by atoms with Gasteiger partial charge in [0.2, 0.25) is 5.76 Å². The van der Waals surface area contributed by atoms with Gasteiger partial charge >= 0.3 is 0 Å². The number of ether oxygens (including phenoxy) is 3. The highest BCUT2D eigenvalue weighted by molar-refractivity contribution is 6.04. The Morgan fingerprint density at radius 2 is 2.00 bits per heavy atom. The first-order chi connectivity index (χ1) is 20.2. The highest BCUT2D eigenvalue weighted by Crippen LogP contribution is 2.43. The minimum absolute atomic E-state index is 0.00948. The third kappa shape index (κ3) is 4.99. The summed E-state index contributed by atoms with van der Waals surface area (Å²) in [5.74, 6) is -0.270. The molecule has 3 aliphatic rings. The molecular weight excluding hydrogens is 545 g/mol. The number of aliphatic hydroxyl groups is 1. The van der Waals surface area contributed by atoms with E-state index in [-0.39, 0.29) is 48.8 Å². The van der Waals surface area contributed by atoms with Gasteiger partial charge < -0.3 is 34.0 Å². The van der Waals surface area contributed by atoms with E-state index in [1.807, 2.05) is 0 Å². The maximum absolute atomic E-state index is 14.2. The number of nitrogens with zero attached hydrogens (tertiary/aromatic N) is 1. The molecule has 42 heavy (non-hydrogen) atoms. The second-order valence-electron chi connectivity index (χ2n) is 11.6. The Balaban J connectivity index is 1.29. The van der Waals surface area contributed by atoms with E-state index in [0.29, 0.717) is 40.7 Å². The van der Waals surface area contributed by atoms with Gasteiger partial charge in [-0.2, -0.15) is 0 Å². The van der Waals surface area contributed by atoms with Gasteiger partial charge in [0.25, 0.3) is 11.8 Å². The molecule has 2 unspecified atom stereocenters. The summed E-state index contributed by atoms with van der Waals surface area (Å²) in [6.45, 7) is 1.79. The SMILES string of the molecule is COc1ccc(F)cc1CNC(O)C1(C)COc2c(oc3cc(C(=O)NC4CCC4)ccc23)C(=O)N1[C@H]1C[C@@H](OC)C1. The summed E-state index contributed by atoms with van der Waals surface area (Å²) in [4.78, 5) is 28.6. The molecule has 0 bridgehead atoms. The molecule has 2 atom stereocenters. The van der Waals surface area contributed by atoms with Crippen LogP contribution in [-0.2, 0) is 11.3 Å². The van der Waals surface area contributed by atoms with Crippen LogP contribution in [0, 0.1) is 5.82 Å². The van der Waals surface area contributed by atoms with E-state index in [1.165, 1.54) is 25.3 Å². The Morgan fingerprint density at radius 3 is 2.69 bits per heavy atom. The minimum atomic E-state index is -1.26. The highest BCUT2D eigenvalue weighted by atomic mass is 19.1. The maximum Gasteiger partial charge on any atom is 0.294 e.